The number of alkyl carbamates (subject to hydrolysis) is 1. The van der Waals surface area contributed by atoms with Crippen molar-refractivity contribution in [1.29, 1.82) is 0 Å². The molecule has 2 aromatic rings. The van der Waals surface area contributed by atoms with Crippen molar-refractivity contribution >= 4 is 18.0 Å². The predicted octanol–water partition coefficient (Wildman–Crippen LogP) is 3.77. The van der Waals surface area contributed by atoms with Crippen molar-refractivity contribution in [2.24, 2.45) is 5.41 Å². The fourth-order valence-corrected chi connectivity index (χ4v) is 5.53. The van der Waals surface area contributed by atoms with E-state index in [1.165, 1.54) is 16.0 Å². The molecule has 3 aliphatic rings. The Morgan fingerprint density at radius 1 is 1.00 bits per heavy atom. The predicted molar refractivity (Wildman–Crippen MR) is 122 cm³/mol. The number of benzene rings is 2. The third-order valence-electron chi connectivity index (χ3n) is 7.48. The number of fused-ring (bicyclic) bond motifs is 3. The van der Waals surface area contributed by atoms with Gasteiger partial charge in [-0.25, -0.2) is 9.59 Å². The standard InChI is InChI=1S/C26H28N2O5/c29-23(30)22-11-5-14-28(22)24(31)26(12-6-13-26)16-27-25(32)33-15-21-19-9-3-1-7-17(19)18-8-2-4-10-20(18)21/h1-4,7-10,21-22H,5-6,11-16H2,(H,27,32)(H,29,30)/t22-/m1/s1. The van der Waals surface area contributed by atoms with Gasteiger partial charge >= 0.3 is 12.1 Å². The Balaban J connectivity index is 1.21. The van der Waals surface area contributed by atoms with Crippen LogP contribution in [0.4, 0.5) is 4.79 Å². The van der Waals surface area contributed by atoms with Gasteiger partial charge in [0, 0.05) is 19.0 Å². The summed E-state index contributed by atoms with van der Waals surface area (Å²) in [6, 6.07) is 15.6. The molecule has 1 heterocycles. The highest BCUT2D eigenvalue weighted by molar-refractivity contribution is 5.89. The summed E-state index contributed by atoms with van der Waals surface area (Å²) in [5.74, 6) is -1.14. The van der Waals surface area contributed by atoms with Crippen LogP contribution in [0.1, 0.15) is 49.1 Å². The third-order valence-corrected chi connectivity index (χ3v) is 7.48. The highest BCUT2D eigenvalue weighted by atomic mass is 16.5. The number of carboxylic acids is 1. The van der Waals surface area contributed by atoms with Gasteiger partial charge in [0.05, 0.1) is 5.41 Å². The van der Waals surface area contributed by atoms with Crippen LogP contribution in [0.15, 0.2) is 48.5 Å². The van der Waals surface area contributed by atoms with Crippen LogP contribution in [0, 0.1) is 5.41 Å². The van der Waals surface area contributed by atoms with E-state index in [4.69, 9.17) is 4.74 Å². The zero-order chi connectivity index (χ0) is 23.0. The minimum absolute atomic E-state index is 0.0247. The van der Waals surface area contributed by atoms with Crippen molar-refractivity contribution in [1.82, 2.24) is 10.2 Å². The molecule has 7 nitrogen and oxygen atoms in total. The van der Waals surface area contributed by atoms with Gasteiger partial charge in [0.25, 0.3) is 0 Å². The van der Waals surface area contributed by atoms with E-state index in [2.05, 4.69) is 29.6 Å². The number of hydrogen-bond donors (Lipinski definition) is 2. The molecule has 0 unspecified atom stereocenters. The highest BCUT2D eigenvalue weighted by Crippen LogP contribution is 2.45. The van der Waals surface area contributed by atoms with Crippen molar-refractivity contribution in [3.63, 3.8) is 0 Å². The van der Waals surface area contributed by atoms with Crippen molar-refractivity contribution in [2.75, 3.05) is 19.7 Å². The summed E-state index contributed by atoms with van der Waals surface area (Å²) >= 11 is 0. The van der Waals surface area contributed by atoms with E-state index in [-0.39, 0.29) is 25.0 Å². The normalized spacial score (nSPS) is 20.5. The number of rotatable bonds is 6. The number of nitrogens with zero attached hydrogens (tertiary/aromatic N) is 1. The number of carbonyl (C=O) groups is 3. The fourth-order valence-electron chi connectivity index (χ4n) is 5.53. The lowest BCUT2D eigenvalue weighted by molar-refractivity contribution is -0.156. The molecule has 1 atom stereocenters. The number of carbonyl (C=O) groups excluding carboxylic acids is 2. The topological polar surface area (TPSA) is 95.9 Å². The minimum atomic E-state index is -0.959. The molecule has 7 heteroatoms. The van der Waals surface area contributed by atoms with Crippen LogP contribution in [0.2, 0.25) is 0 Å². The molecule has 0 aromatic heterocycles. The smallest absolute Gasteiger partial charge is 0.407 e. The Hall–Kier alpha value is -3.35. The maximum atomic E-state index is 13.2. The lowest BCUT2D eigenvalue weighted by Gasteiger charge is -2.43. The van der Waals surface area contributed by atoms with Gasteiger partial charge in [-0.15, -0.1) is 0 Å². The fraction of sp³-hybridized carbons (Fsp3) is 0.423. The first-order valence-corrected chi connectivity index (χ1v) is 11.6. The summed E-state index contributed by atoms with van der Waals surface area (Å²) in [5, 5.41) is 12.2. The molecule has 0 spiro atoms. The molecule has 2 amide bonds. The summed E-state index contributed by atoms with van der Waals surface area (Å²) in [5.41, 5.74) is 3.90. The van der Waals surface area contributed by atoms with Crippen molar-refractivity contribution in [2.45, 2.75) is 44.1 Å². The summed E-state index contributed by atoms with van der Waals surface area (Å²) in [4.78, 5) is 38.8. The van der Waals surface area contributed by atoms with Crippen molar-refractivity contribution in [3.8, 4) is 11.1 Å². The molecular weight excluding hydrogens is 420 g/mol. The van der Waals surface area contributed by atoms with E-state index < -0.39 is 23.5 Å². The molecule has 2 fully saturated rings. The summed E-state index contributed by atoms with van der Waals surface area (Å²) < 4.78 is 5.60. The van der Waals surface area contributed by atoms with Crippen molar-refractivity contribution in [3.05, 3.63) is 59.7 Å². The molecule has 1 saturated heterocycles. The molecular formula is C26H28N2O5. The van der Waals surface area contributed by atoms with Gasteiger partial charge in [-0.3, -0.25) is 4.79 Å². The van der Waals surface area contributed by atoms with E-state index in [1.807, 2.05) is 24.3 Å². The SMILES string of the molecule is O=C(NCC1(C(=O)N2CCC[C@@H]2C(=O)O)CCC1)OCC1c2ccccc2-c2ccccc21. The molecule has 2 aliphatic carbocycles. The molecule has 2 N–H and O–H groups in total. The maximum absolute atomic E-state index is 13.2. The van der Waals surface area contributed by atoms with E-state index >= 15 is 0 Å². The first kappa shape index (κ1) is 21.5. The van der Waals surface area contributed by atoms with Gasteiger partial charge in [-0.2, -0.15) is 0 Å². The average Bonchev–Trinajstić information content (AvgIpc) is 3.40. The summed E-state index contributed by atoms with van der Waals surface area (Å²) in [6.07, 6.45) is 2.82. The maximum Gasteiger partial charge on any atom is 0.407 e. The van der Waals surface area contributed by atoms with E-state index in [0.717, 1.165) is 17.5 Å². The second kappa shape index (κ2) is 8.54. The monoisotopic (exact) mass is 448 g/mol. The quantitative estimate of drug-likeness (QED) is 0.701. The third kappa shape index (κ3) is 3.75. The van der Waals surface area contributed by atoms with Crippen LogP contribution in [-0.2, 0) is 14.3 Å². The van der Waals surface area contributed by atoms with Crippen LogP contribution in [0.3, 0.4) is 0 Å². The lowest BCUT2D eigenvalue weighted by Crippen LogP contribution is -2.55. The number of likely N-dealkylation sites (tertiary alicyclic amines) is 1. The molecule has 1 saturated carbocycles. The molecule has 5 rings (SSSR count). The van der Waals surface area contributed by atoms with Crippen LogP contribution in [-0.4, -0.2) is 53.7 Å². The Bertz CT molecular complexity index is 1050. The highest BCUT2D eigenvalue weighted by Gasteiger charge is 2.49. The Kier molecular flexibility index (Phi) is 5.56. The average molecular weight is 449 g/mol. The number of aliphatic carboxylic acids is 1. The molecule has 33 heavy (non-hydrogen) atoms. The van der Waals surface area contributed by atoms with Gasteiger partial charge in [-0.05, 0) is 47.9 Å². The van der Waals surface area contributed by atoms with E-state index in [9.17, 15) is 19.5 Å². The first-order valence-electron chi connectivity index (χ1n) is 11.6. The van der Waals surface area contributed by atoms with Gasteiger partial charge < -0.3 is 20.1 Å². The summed E-state index contributed by atoms with van der Waals surface area (Å²) in [7, 11) is 0. The summed E-state index contributed by atoms with van der Waals surface area (Å²) in [6.45, 7) is 0.849. The number of carboxylic acid groups (broad SMARTS) is 1. The first-order chi connectivity index (χ1) is 16.0. The Morgan fingerprint density at radius 2 is 1.64 bits per heavy atom. The number of ether oxygens (including phenoxy) is 1. The number of amides is 2. The minimum Gasteiger partial charge on any atom is -0.480 e. The number of nitrogens with one attached hydrogen (secondary N) is 1. The van der Waals surface area contributed by atoms with Gasteiger partial charge in [-0.1, -0.05) is 55.0 Å². The van der Waals surface area contributed by atoms with Crippen LogP contribution < -0.4 is 5.32 Å². The van der Waals surface area contributed by atoms with Crippen LogP contribution in [0.5, 0.6) is 0 Å². The largest absolute Gasteiger partial charge is 0.480 e. The second-order valence-electron chi connectivity index (χ2n) is 9.31. The molecule has 0 radical (unpaired) electrons. The lowest BCUT2D eigenvalue weighted by atomic mass is 9.67. The van der Waals surface area contributed by atoms with E-state index in [0.29, 0.717) is 32.2 Å². The Morgan fingerprint density at radius 3 is 2.21 bits per heavy atom. The second-order valence-corrected chi connectivity index (χ2v) is 9.31. The van der Waals surface area contributed by atoms with E-state index in [1.54, 1.807) is 0 Å². The van der Waals surface area contributed by atoms with Crippen molar-refractivity contribution < 1.29 is 24.2 Å². The van der Waals surface area contributed by atoms with Crippen LogP contribution >= 0.6 is 0 Å². The molecule has 0 bridgehead atoms. The van der Waals surface area contributed by atoms with Gasteiger partial charge in [0.15, 0.2) is 0 Å². The zero-order valence-corrected chi connectivity index (χ0v) is 18.5. The van der Waals surface area contributed by atoms with Gasteiger partial charge in [0.1, 0.15) is 12.6 Å². The van der Waals surface area contributed by atoms with Crippen LogP contribution in [0.25, 0.3) is 11.1 Å². The number of hydrogen-bond acceptors (Lipinski definition) is 4. The molecule has 2 aromatic carbocycles. The Labute approximate surface area is 192 Å². The molecule has 172 valence electrons. The zero-order valence-electron chi connectivity index (χ0n) is 18.5. The van der Waals surface area contributed by atoms with Gasteiger partial charge in [0.2, 0.25) is 5.91 Å². The molecule has 1 aliphatic heterocycles.